The Balaban J connectivity index is 1.40. The fourth-order valence-electron chi connectivity index (χ4n) is 3.44. The molecule has 0 aliphatic heterocycles. The maximum atomic E-state index is 12.9. The zero-order chi connectivity index (χ0) is 20.9. The number of carbonyl (C=O) groups is 1. The topological polar surface area (TPSA) is 76.0 Å². The van der Waals surface area contributed by atoms with Crippen molar-refractivity contribution in [2.45, 2.75) is 19.9 Å². The SMILES string of the molecule is CCN(CCc1nc2ccc(OC)cc2[nH]1)C(=O)c1cnn(Cc2ccccc2)c1. The average molecular weight is 403 g/mol. The van der Waals surface area contributed by atoms with Crippen molar-refractivity contribution in [2.75, 3.05) is 20.2 Å². The Hall–Kier alpha value is -3.61. The summed E-state index contributed by atoms with van der Waals surface area (Å²) in [5, 5.41) is 4.35. The van der Waals surface area contributed by atoms with E-state index in [9.17, 15) is 4.79 Å². The van der Waals surface area contributed by atoms with Gasteiger partial charge in [-0.05, 0) is 24.6 Å². The first-order valence-electron chi connectivity index (χ1n) is 10.0. The molecule has 0 saturated heterocycles. The highest BCUT2D eigenvalue weighted by molar-refractivity contribution is 5.93. The summed E-state index contributed by atoms with van der Waals surface area (Å²) >= 11 is 0. The number of aromatic nitrogens is 4. The Labute approximate surface area is 175 Å². The number of amides is 1. The third-order valence-electron chi connectivity index (χ3n) is 5.09. The number of carbonyl (C=O) groups excluding carboxylic acids is 1. The van der Waals surface area contributed by atoms with E-state index in [0.29, 0.717) is 31.6 Å². The lowest BCUT2D eigenvalue weighted by Gasteiger charge is -2.19. The molecular weight excluding hydrogens is 378 g/mol. The quantitative estimate of drug-likeness (QED) is 0.488. The van der Waals surface area contributed by atoms with Crippen LogP contribution < -0.4 is 4.74 Å². The van der Waals surface area contributed by atoms with Crippen molar-refractivity contribution in [1.29, 1.82) is 0 Å². The zero-order valence-electron chi connectivity index (χ0n) is 17.2. The van der Waals surface area contributed by atoms with E-state index in [2.05, 4.69) is 15.1 Å². The van der Waals surface area contributed by atoms with E-state index >= 15 is 0 Å². The summed E-state index contributed by atoms with van der Waals surface area (Å²) in [4.78, 5) is 22.7. The number of methoxy groups -OCH3 is 1. The number of ether oxygens (including phenoxy) is 1. The van der Waals surface area contributed by atoms with Crippen molar-refractivity contribution in [3.05, 3.63) is 77.9 Å². The lowest BCUT2D eigenvalue weighted by Crippen LogP contribution is -2.32. The summed E-state index contributed by atoms with van der Waals surface area (Å²) in [7, 11) is 1.64. The number of nitrogens with one attached hydrogen (secondary N) is 1. The van der Waals surface area contributed by atoms with Crippen LogP contribution in [0.2, 0.25) is 0 Å². The van der Waals surface area contributed by atoms with Crippen molar-refractivity contribution in [2.24, 2.45) is 0 Å². The first-order chi connectivity index (χ1) is 14.7. The number of nitrogens with zero attached hydrogens (tertiary/aromatic N) is 4. The minimum absolute atomic E-state index is 0.0189. The summed E-state index contributed by atoms with van der Waals surface area (Å²) in [5.74, 6) is 1.62. The number of rotatable bonds is 8. The zero-order valence-corrected chi connectivity index (χ0v) is 17.2. The van der Waals surface area contributed by atoms with Gasteiger partial charge in [-0.25, -0.2) is 4.98 Å². The third-order valence-corrected chi connectivity index (χ3v) is 5.09. The van der Waals surface area contributed by atoms with Gasteiger partial charge in [-0.1, -0.05) is 30.3 Å². The molecule has 4 rings (SSSR count). The average Bonchev–Trinajstić information content (AvgIpc) is 3.40. The predicted molar refractivity (Wildman–Crippen MR) is 116 cm³/mol. The molecule has 2 aromatic heterocycles. The van der Waals surface area contributed by atoms with Gasteiger partial charge in [0.1, 0.15) is 11.6 Å². The van der Waals surface area contributed by atoms with Crippen LogP contribution in [0, 0.1) is 0 Å². The molecule has 0 saturated carbocycles. The van der Waals surface area contributed by atoms with Gasteiger partial charge in [0.25, 0.3) is 5.91 Å². The van der Waals surface area contributed by atoms with E-state index in [-0.39, 0.29) is 5.91 Å². The minimum atomic E-state index is -0.0189. The van der Waals surface area contributed by atoms with Crippen LogP contribution in [0.1, 0.15) is 28.7 Å². The summed E-state index contributed by atoms with van der Waals surface area (Å²) in [6, 6.07) is 15.8. The Kier molecular flexibility index (Phi) is 5.79. The van der Waals surface area contributed by atoms with E-state index in [4.69, 9.17) is 4.74 Å². The second-order valence-electron chi connectivity index (χ2n) is 7.11. The second kappa shape index (κ2) is 8.82. The highest BCUT2D eigenvalue weighted by atomic mass is 16.5. The normalized spacial score (nSPS) is 11.0. The van der Waals surface area contributed by atoms with Crippen LogP contribution in [0.25, 0.3) is 11.0 Å². The molecule has 2 heterocycles. The molecule has 1 N–H and O–H groups in total. The summed E-state index contributed by atoms with van der Waals surface area (Å²) in [6.45, 7) is 3.82. The molecule has 7 heteroatoms. The van der Waals surface area contributed by atoms with Gasteiger partial charge in [0.05, 0.1) is 36.4 Å². The van der Waals surface area contributed by atoms with Gasteiger partial charge >= 0.3 is 0 Å². The molecule has 0 aliphatic carbocycles. The highest BCUT2D eigenvalue weighted by Crippen LogP contribution is 2.19. The Morgan fingerprint density at radius 2 is 2.03 bits per heavy atom. The van der Waals surface area contributed by atoms with Crippen LogP contribution >= 0.6 is 0 Å². The number of H-pyrrole nitrogens is 1. The maximum Gasteiger partial charge on any atom is 0.257 e. The number of likely N-dealkylation sites (N-methyl/N-ethyl adjacent to an activating group) is 1. The van der Waals surface area contributed by atoms with Crippen LogP contribution in [-0.4, -0.2) is 50.8 Å². The smallest absolute Gasteiger partial charge is 0.257 e. The van der Waals surface area contributed by atoms with Crippen LogP contribution in [0.15, 0.2) is 60.9 Å². The lowest BCUT2D eigenvalue weighted by molar-refractivity contribution is 0.0765. The van der Waals surface area contributed by atoms with Crippen molar-refractivity contribution in [3.8, 4) is 5.75 Å². The molecule has 154 valence electrons. The third kappa shape index (κ3) is 4.35. The van der Waals surface area contributed by atoms with Gasteiger partial charge in [-0.15, -0.1) is 0 Å². The molecule has 30 heavy (non-hydrogen) atoms. The Morgan fingerprint density at radius 1 is 1.20 bits per heavy atom. The Morgan fingerprint density at radius 3 is 2.80 bits per heavy atom. The van der Waals surface area contributed by atoms with Crippen LogP contribution in [0.3, 0.4) is 0 Å². The molecule has 0 fully saturated rings. The molecular formula is C23H25N5O2. The van der Waals surface area contributed by atoms with Crippen LogP contribution in [0.5, 0.6) is 5.75 Å². The van der Waals surface area contributed by atoms with E-state index in [0.717, 1.165) is 28.2 Å². The first kappa shape index (κ1) is 19.7. The number of fused-ring (bicyclic) bond motifs is 1. The van der Waals surface area contributed by atoms with Crippen molar-refractivity contribution >= 4 is 16.9 Å². The minimum Gasteiger partial charge on any atom is -0.497 e. The van der Waals surface area contributed by atoms with E-state index in [1.807, 2.05) is 66.6 Å². The fourth-order valence-corrected chi connectivity index (χ4v) is 3.44. The van der Waals surface area contributed by atoms with Gasteiger partial charge in [0.2, 0.25) is 0 Å². The molecule has 0 atom stereocenters. The van der Waals surface area contributed by atoms with Gasteiger partial charge in [-0.2, -0.15) is 5.10 Å². The van der Waals surface area contributed by atoms with E-state index < -0.39 is 0 Å². The molecule has 0 unspecified atom stereocenters. The van der Waals surface area contributed by atoms with Gasteiger partial charge in [-0.3, -0.25) is 9.48 Å². The van der Waals surface area contributed by atoms with E-state index in [1.165, 1.54) is 0 Å². The van der Waals surface area contributed by atoms with Gasteiger partial charge in [0.15, 0.2) is 0 Å². The summed E-state index contributed by atoms with van der Waals surface area (Å²) in [6.07, 6.45) is 4.10. The lowest BCUT2D eigenvalue weighted by atomic mass is 10.2. The monoisotopic (exact) mass is 403 g/mol. The molecule has 1 amide bonds. The number of hydrogen-bond acceptors (Lipinski definition) is 4. The molecule has 0 aliphatic rings. The molecule has 0 radical (unpaired) electrons. The van der Waals surface area contributed by atoms with Crippen LogP contribution in [0.4, 0.5) is 0 Å². The largest absolute Gasteiger partial charge is 0.497 e. The maximum absolute atomic E-state index is 12.9. The number of benzene rings is 2. The Bertz CT molecular complexity index is 1130. The summed E-state index contributed by atoms with van der Waals surface area (Å²) in [5.41, 5.74) is 3.57. The molecule has 0 bridgehead atoms. The standard InChI is InChI=1S/C23H25N5O2/c1-3-27(12-11-22-25-20-10-9-19(30-2)13-21(20)26-22)23(29)18-14-24-28(16-18)15-17-7-5-4-6-8-17/h4-10,13-14,16H,3,11-12,15H2,1-2H3,(H,25,26). The van der Waals surface area contributed by atoms with Gasteiger partial charge < -0.3 is 14.6 Å². The highest BCUT2D eigenvalue weighted by Gasteiger charge is 2.17. The van der Waals surface area contributed by atoms with Gasteiger partial charge in [0, 0.05) is 31.8 Å². The van der Waals surface area contributed by atoms with E-state index in [1.54, 1.807) is 18.0 Å². The van der Waals surface area contributed by atoms with Crippen molar-refractivity contribution in [3.63, 3.8) is 0 Å². The second-order valence-corrected chi connectivity index (χ2v) is 7.11. The van der Waals surface area contributed by atoms with Crippen molar-refractivity contribution < 1.29 is 9.53 Å². The number of imidazole rings is 1. The molecule has 2 aromatic carbocycles. The fraction of sp³-hybridized carbons (Fsp3) is 0.261. The predicted octanol–water partition coefficient (Wildman–Crippen LogP) is 3.52. The van der Waals surface area contributed by atoms with Crippen molar-refractivity contribution in [1.82, 2.24) is 24.6 Å². The summed E-state index contributed by atoms with van der Waals surface area (Å²) < 4.78 is 7.05. The molecule has 7 nitrogen and oxygen atoms in total. The first-order valence-corrected chi connectivity index (χ1v) is 10.0. The molecule has 0 spiro atoms. The van der Waals surface area contributed by atoms with Crippen LogP contribution in [-0.2, 0) is 13.0 Å². The number of hydrogen-bond donors (Lipinski definition) is 1. The molecule has 4 aromatic rings. The number of aromatic amines is 1.